The Kier molecular flexibility index (Phi) is 9.25. The molecule has 0 aliphatic rings. The molecule has 0 heterocycles. The first-order valence-corrected chi connectivity index (χ1v) is 6.54. The molecule has 1 amide bonds. The van der Waals surface area contributed by atoms with Crippen molar-refractivity contribution in [3.63, 3.8) is 0 Å². The summed E-state index contributed by atoms with van der Waals surface area (Å²) in [7, 11) is 0. The SMILES string of the molecule is CC(=O)NC(Cc1ccccc1)C(=O)O.CCOC(C)=O. The van der Waals surface area contributed by atoms with E-state index in [1.54, 1.807) is 6.92 Å². The van der Waals surface area contributed by atoms with E-state index >= 15 is 0 Å². The number of aliphatic carboxylic acids is 1. The van der Waals surface area contributed by atoms with E-state index in [-0.39, 0.29) is 11.9 Å². The molecule has 0 aliphatic carbocycles. The first kappa shape index (κ1) is 18.6. The summed E-state index contributed by atoms with van der Waals surface area (Å²) >= 11 is 0. The Labute approximate surface area is 124 Å². The molecule has 1 atom stereocenters. The summed E-state index contributed by atoms with van der Waals surface area (Å²) in [6.45, 7) is 4.96. The monoisotopic (exact) mass is 295 g/mol. The predicted molar refractivity (Wildman–Crippen MR) is 77.7 cm³/mol. The van der Waals surface area contributed by atoms with Crippen molar-refractivity contribution in [3.8, 4) is 0 Å². The molecule has 21 heavy (non-hydrogen) atoms. The van der Waals surface area contributed by atoms with Gasteiger partial charge in [0.15, 0.2) is 0 Å². The molecule has 0 radical (unpaired) electrons. The zero-order chi connectivity index (χ0) is 16.3. The summed E-state index contributed by atoms with van der Waals surface area (Å²) in [4.78, 5) is 31.4. The second-order valence-corrected chi connectivity index (χ2v) is 4.21. The fourth-order valence-electron chi connectivity index (χ4n) is 1.50. The molecular formula is C15H21NO5. The quantitative estimate of drug-likeness (QED) is 0.801. The van der Waals surface area contributed by atoms with Crippen molar-refractivity contribution in [2.24, 2.45) is 0 Å². The van der Waals surface area contributed by atoms with E-state index in [1.807, 2.05) is 30.3 Å². The molecule has 0 bridgehead atoms. The van der Waals surface area contributed by atoms with E-state index in [4.69, 9.17) is 5.11 Å². The van der Waals surface area contributed by atoms with Gasteiger partial charge >= 0.3 is 11.9 Å². The fraction of sp³-hybridized carbons (Fsp3) is 0.400. The smallest absolute Gasteiger partial charge is 0.326 e. The average molecular weight is 295 g/mol. The first-order valence-electron chi connectivity index (χ1n) is 6.54. The maximum Gasteiger partial charge on any atom is 0.326 e. The van der Waals surface area contributed by atoms with Crippen LogP contribution in [0.5, 0.6) is 0 Å². The average Bonchev–Trinajstić information content (AvgIpc) is 2.39. The molecule has 0 fully saturated rings. The van der Waals surface area contributed by atoms with Crippen LogP contribution in [-0.2, 0) is 25.5 Å². The third-order valence-corrected chi connectivity index (χ3v) is 2.31. The van der Waals surface area contributed by atoms with Gasteiger partial charge in [0.1, 0.15) is 6.04 Å². The molecule has 6 heteroatoms. The van der Waals surface area contributed by atoms with Gasteiger partial charge in [-0.15, -0.1) is 0 Å². The van der Waals surface area contributed by atoms with Crippen LogP contribution in [0.15, 0.2) is 30.3 Å². The lowest BCUT2D eigenvalue weighted by Gasteiger charge is -2.12. The van der Waals surface area contributed by atoms with Gasteiger partial charge in [0.25, 0.3) is 0 Å². The number of carboxylic acids is 1. The van der Waals surface area contributed by atoms with Crippen molar-refractivity contribution < 1.29 is 24.2 Å². The molecule has 0 saturated carbocycles. The second kappa shape index (κ2) is 10.4. The highest BCUT2D eigenvalue weighted by atomic mass is 16.5. The molecule has 1 aromatic carbocycles. The van der Waals surface area contributed by atoms with Gasteiger partial charge in [0.2, 0.25) is 5.91 Å². The number of carbonyl (C=O) groups is 3. The van der Waals surface area contributed by atoms with Crippen LogP contribution in [0.2, 0.25) is 0 Å². The van der Waals surface area contributed by atoms with Crippen LogP contribution < -0.4 is 5.32 Å². The number of nitrogens with one attached hydrogen (secondary N) is 1. The van der Waals surface area contributed by atoms with Crippen LogP contribution >= 0.6 is 0 Å². The summed E-state index contributed by atoms with van der Waals surface area (Å²) in [5.74, 6) is -1.56. The number of carbonyl (C=O) groups excluding carboxylic acids is 2. The van der Waals surface area contributed by atoms with Crippen LogP contribution in [0.3, 0.4) is 0 Å². The number of hydrogen-bond acceptors (Lipinski definition) is 4. The fourth-order valence-corrected chi connectivity index (χ4v) is 1.50. The minimum Gasteiger partial charge on any atom is -0.480 e. The summed E-state index contributed by atoms with van der Waals surface area (Å²) < 4.78 is 4.40. The van der Waals surface area contributed by atoms with Crippen molar-refractivity contribution in [3.05, 3.63) is 35.9 Å². The van der Waals surface area contributed by atoms with Gasteiger partial charge in [-0.25, -0.2) is 4.79 Å². The van der Waals surface area contributed by atoms with E-state index in [0.29, 0.717) is 13.0 Å². The van der Waals surface area contributed by atoms with Crippen LogP contribution in [0.1, 0.15) is 26.3 Å². The van der Waals surface area contributed by atoms with Gasteiger partial charge in [-0.05, 0) is 12.5 Å². The molecule has 0 spiro atoms. The maximum absolute atomic E-state index is 10.8. The minimum absolute atomic E-state index is 0.211. The number of esters is 1. The van der Waals surface area contributed by atoms with E-state index in [2.05, 4.69) is 10.1 Å². The zero-order valence-corrected chi connectivity index (χ0v) is 12.5. The molecule has 0 aliphatic heterocycles. The van der Waals surface area contributed by atoms with Gasteiger partial charge in [0.05, 0.1) is 6.61 Å². The Hall–Kier alpha value is -2.37. The Bertz CT molecular complexity index is 458. The largest absolute Gasteiger partial charge is 0.480 e. The summed E-state index contributed by atoms with van der Waals surface area (Å²) in [6, 6.07) is 8.34. The van der Waals surface area contributed by atoms with E-state index in [9.17, 15) is 14.4 Å². The number of benzene rings is 1. The number of carboxylic acid groups (broad SMARTS) is 1. The lowest BCUT2D eigenvalue weighted by molar-refractivity contribution is -0.141. The van der Waals surface area contributed by atoms with Crippen molar-refractivity contribution in [2.45, 2.75) is 33.2 Å². The minimum atomic E-state index is -1.02. The number of hydrogen-bond donors (Lipinski definition) is 2. The standard InChI is InChI=1S/C11H13NO3.C4H8O2/c1-8(13)12-10(11(14)15)7-9-5-3-2-4-6-9;1-3-6-4(2)5/h2-6,10H,7H2,1H3,(H,12,13)(H,14,15);3H2,1-2H3. The Morgan fingerprint density at radius 3 is 2.10 bits per heavy atom. The maximum atomic E-state index is 10.8. The summed E-state index contributed by atoms with van der Waals surface area (Å²) in [6.07, 6.45) is 0.301. The molecule has 1 unspecified atom stereocenters. The highest BCUT2D eigenvalue weighted by molar-refractivity contribution is 5.82. The van der Waals surface area contributed by atoms with Gasteiger partial charge in [-0.2, -0.15) is 0 Å². The lowest BCUT2D eigenvalue weighted by Crippen LogP contribution is -2.41. The zero-order valence-electron chi connectivity index (χ0n) is 12.5. The molecular weight excluding hydrogens is 274 g/mol. The molecule has 116 valence electrons. The number of rotatable bonds is 5. The number of ether oxygens (including phenoxy) is 1. The molecule has 6 nitrogen and oxygen atoms in total. The second-order valence-electron chi connectivity index (χ2n) is 4.21. The Morgan fingerprint density at radius 1 is 1.19 bits per heavy atom. The molecule has 0 aromatic heterocycles. The van der Waals surface area contributed by atoms with E-state index < -0.39 is 12.0 Å². The van der Waals surface area contributed by atoms with Gasteiger partial charge in [0, 0.05) is 20.3 Å². The van der Waals surface area contributed by atoms with Crippen molar-refractivity contribution in [2.75, 3.05) is 6.61 Å². The highest BCUT2D eigenvalue weighted by Crippen LogP contribution is 2.03. The third kappa shape index (κ3) is 10.1. The first-order chi connectivity index (χ1) is 9.86. The van der Waals surface area contributed by atoms with Crippen LogP contribution in [-0.4, -0.2) is 35.6 Å². The van der Waals surface area contributed by atoms with Gasteiger partial charge < -0.3 is 15.2 Å². The molecule has 1 aromatic rings. The predicted octanol–water partition coefficient (Wildman–Crippen LogP) is 1.39. The van der Waals surface area contributed by atoms with E-state index in [1.165, 1.54) is 13.8 Å². The summed E-state index contributed by atoms with van der Waals surface area (Å²) in [5, 5.41) is 11.3. The Balaban J connectivity index is 0.000000567. The third-order valence-electron chi connectivity index (χ3n) is 2.31. The molecule has 1 rings (SSSR count). The summed E-state index contributed by atoms with van der Waals surface area (Å²) in [5.41, 5.74) is 0.888. The van der Waals surface area contributed by atoms with Crippen molar-refractivity contribution in [1.29, 1.82) is 0 Å². The van der Waals surface area contributed by atoms with Crippen LogP contribution in [0.4, 0.5) is 0 Å². The van der Waals surface area contributed by atoms with Crippen LogP contribution in [0.25, 0.3) is 0 Å². The van der Waals surface area contributed by atoms with Crippen molar-refractivity contribution in [1.82, 2.24) is 5.32 Å². The Morgan fingerprint density at radius 2 is 1.76 bits per heavy atom. The van der Waals surface area contributed by atoms with E-state index in [0.717, 1.165) is 5.56 Å². The normalized spacial score (nSPS) is 10.6. The highest BCUT2D eigenvalue weighted by Gasteiger charge is 2.18. The van der Waals surface area contributed by atoms with Crippen molar-refractivity contribution >= 4 is 17.8 Å². The number of amides is 1. The van der Waals surface area contributed by atoms with Crippen LogP contribution in [0, 0.1) is 0 Å². The topological polar surface area (TPSA) is 92.7 Å². The van der Waals surface area contributed by atoms with Gasteiger partial charge in [-0.1, -0.05) is 30.3 Å². The molecule has 0 saturated heterocycles. The van der Waals surface area contributed by atoms with Gasteiger partial charge in [-0.3, -0.25) is 9.59 Å². The lowest BCUT2D eigenvalue weighted by atomic mass is 10.1. The molecule has 2 N–H and O–H groups in total.